The molecule has 1 aromatic heterocycles. The van der Waals surface area contributed by atoms with Crippen LogP contribution in [0.25, 0.3) is 5.69 Å². The zero-order valence-electron chi connectivity index (χ0n) is 20.4. The van der Waals surface area contributed by atoms with Gasteiger partial charge in [0.1, 0.15) is 5.69 Å². The van der Waals surface area contributed by atoms with Gasteiger partial charge in [-0.25, -0.2) is 4.68 Å². The Morgan fingerprint density at radius 2 is 1.74 bits per heavy atom. The Morgan fingerprint density at radius 1 is 1.09 bits per heavy atom. The first-order chi connectivity index (χ1) is 16.8. The summed E-state index contributed by atoms with van der Waals surface area (Å²) in [5.74, 6) is 1.02. The molecule has 2 aromatic carbocycles. The SMILES string of the molecule is CC(=O)Nc1c(C)nn(-c2ccc(Cl)cc2)c1N1CCC(C(=O)NC[C@@H](C)c2ccccc2)CC1. The molecule has 2 amide bonds. The molecule has 35 heavy (non-hydrogen) atoms. The van der Waals surface area contributed by atoms with E-state index >= 15 is 0 Å². The highest BCUT2D eigenvalue weighted by Crippen LogP contribution is 2.35. The Balaban J connectivity index is 1.46. The summed E-state index contributed by atoms with van der Waals surface area (Å²) in [6.45, 7) is 7.51. The van der Waals surface area contributed by atoms with E-state index in [9.17, 15) is 9.59 Å². The van der Waals surface area contributed by atoms with E-state index in [2.05, 4.69) is 34.6 Å². The predicted molar refractivity (Wildman–Crippen MR) is 140 cm³/mol. The summed E-state index contributed by atoms with van der Waals surface area (Å²) >= 11 is 6.08. The minimum Gasteiger partial charge on any atom is -0.355 e. The van der Waals surface area contributed by atoms with Gasteiger partial charge in [0.25, 0.3) is 0 Å². The number of aromatic nitrogens is 2. The molecule has 0 spiro atoms. The van der Waals surface area contributed by atoms with Crippen molar-refractivity contribution in [1.29, 1.82) is 0 Å². The van der Waals surface area contributed by atoms with E-state index in [1.165, 1.54) is 12.5 Å². The van der Waals surface area contributed by atoms with E-state index in [1.54, 1.807) is 0 Å². The van der Waals surface area contributed by atoms with Gasteiger partial charge in [0.15, 0.2) is 5.82 Å². The number of amides is 2. The van der Waals surface area contributed by atoms with Crippen LogP contribution in [0.3, 0.4) is 0 Å². The summed E-state index contributed by atoms with van der Waals surface area (Å²) in [4.78, 5) is 27.0. The molecule has 1 fully saturated rings. The van der Waals surface area contributed by atoms with Crippen molar-refractivity contribution in [3.05, 3.63) is 70.9 Å². The number of aryl methyl sites for hydroxylation is 1. The quantitative estimate of drug-likeness (QED) is 0.489. The molecular formula is C27H32ClN5O2. The molecule has 4 rings (SSSR count). The Hall–Kier alpha value is -3.32. The van der Waals surface area contributed by atoms with Crippen LogP contribution in [-0.2, 0) is 9.59 Å². The van der Waals surface area contributed by atoms with Gasteiger partial charge in [-0.15, -0.1) is 0 Å². The first-order valence-electron chi connectivity index (χ1n) is 12.0. The number of nitrogens with one attached hydrogen (secondary N) is 2. The minimum absolute atomic E-state index is 0.0357. The van der Waals surface area contributed by atoms with Crippen molar-refractivity contribution in [2.45, 2.75) is 39.5 Å². The lowest BCUT2D eigenvalue weighted by Gasteiger charge is -2.34. The van der Waals surface area contributed by atoms with E-state index in [-0.39, 0.29) is 23.7 Å². The van der Waals surface area contributed by atoms with Crippen LogP contribution in [-0.4, -0.2) is 41.2 Å². The molecule has 0 saturated carbocycles. The molecule has 1 atom stereocenters. The Morgan fingerprint density at radius 3 is 2.37 bits per heavy atom. The minimum atomic E-state index is -0.146. The summed E-state index contributed by atoms with van der Waals surface area (Å²) in [6, 6.07) is 17.7. The van der Waals surface area contributed by atoms with Gasteiger partial charge >= 0.3 is 0 Å². The van der Waals surface area contributed by atoms with Gasteiger partial charge in [-0.05, 0) is 55.5 Å². The molecule has 1 aliphatic rings. The van der Waals surface area contributed by atoms with Crippen LogP contribution in [0.5, 0.6) is 0 Å². The van der Waals surface area contributed by atoms with Gasteiger partial charge < -0.3 is 15.5 Å². The third-order valence-corrected chi connectivity index (χ3v) is 6.78. The molecule has 184 valence electrons. The molecule has 3 aromatic rings. The van der Waals surface area contributed by atoms with E-state index in [4.69, 9.17) is 16.7 Å². The van der Waals surface area contributed by atoms with Crippen LogP contribution >= 0.6 is 11.6 Å². The third-order valence-electron chi connectivity index (χ3n) is 6.52. The lowest BCUT2D eigenvalue weighted by Crippen LogP contribution is -2.42. The van der Waals surface area contributed by atoms with Crippen molar-refractivity contribution in [2.75, 3.05) is 29.9 Å². The molecule has 0 unspecified atom stereocenters. The number of rotatable bonds is 7. The predicted octanol–water partition coefficient (Wildman–Crippen LogP) is 4.93. The summed E-state index contributed by atoms with van der Waals surface area (Å²) < 4.78 is 1.85. The molecule has 7 nitrogen and oxygen atoms in total. The highest BCUT2D eigenvalue weighted by molar-refractivity contribution is 6.30. The second kappa shape index (κ2) is 11.0. The smallest absolute Gasteiger partial charge is 0.223 e. The van der Waals surface area contributed by atoms with Gasteiger partial charge in [-0.2, -0.15) is 5.10 Å². The molecule has 8 heteroatoms. The summed E-state index contributed by atoms with van der Waals surface area (Å²) in [6.07, 6.45) is 1.46. The summed E-state index contributed by atoms with van der Waals surface area (Å²) in [5, 5.41) is 11.5. The zero-order valence-corrected chi connectivity index (χ0v) is 21.2. The largest absolute Gasteiger partial charge is 0.355 e. The first-order valence-corrected chi connectivity index (χ1v) is 12.4. The maximum Gasteiger partial charge on any atom is 0.223 e. The van der Waals surface area contributed by atoms with Crippen molar-refractivity contribution in [1.82, 2.24) is 15.1 Å². The molecule has 1 saturated heterocycles. The highest BCUT2D eigenvalue weighted by atomic mass is 35.5. The number of carbonyl (C=O) groups excluding carboxylic acids is 2. The van der Waals surface area contributed by atoms with Crippen molar-refractivity contribution in [3.63, 3.8) is 0 Å². The van der Waals surface area contributed by atoms with Crippen LogP contribution < -0.4 is 15.5 Å². The van der Waals surface area contributed by atoms with E-state index in [1.807, 2.05) is 54.1 Å². The van der Waals surface area contributed by atoms with Crippen molar-refractivity contribution in [2.24, 2.45) is 5.92 Å². The number of anilines is 2. The molecule has 0 bridgehead atoms. The average molecular weight is 494 g/mol. The van der Waals surface area contributed by atoms with E-state index in [0.717, 1.165) is 30.0 Å². The molecule has 1 aliphatic heterocycles. The fraction of sp³-hybridized carbons (Fsp3) is 0.370. The van der Waals surface area contributed by atoms with E-state index in [0.29, 0.717) is 30.3 Å². The van der Waals surface area contributed by atoms with Gasteiger partial charge in [0.05, 0.1) is 11.4 Å². The number of hydrogen-bond acceptors (Lipinski definition) is 4. The van der Waals surface area contributed by atoms with Crippen molar-refractivity contribution < 1.29 is 9.59 Å². The summed E-state index contributed by atoms with van der Waals surface area (Å²) in [7, 11) is 0. The Labute approximate surface area is 211 Å². The fourth-order valence-electron chi connectivity index (χ4n) is 4.54. The Bertz CT molecular complexity index is 1170. The topological polar surface area (TPSA) is 79.3 Å². The van der Waals surface area contributed by atoms with Gasteiger partial charge in [0.2, 0.25) is 11.8 Å². The van der Waals surface area contributed by atoms with Gasteiger partial charge in [-0.1, -0.05) is 48.9 Å². The maximum absolute atomic E-state index is 12.9. The number of hydrogen-bond donors (Lipinski definition) is 2. The van der Waals surface area contributed by atoms with Crippen LogP contribution in [0.2, 0.25) is 5.02 Å². The Kier molecular flexibility index (Phi) is 7.76. The van der Waals surface area contributed by atoms with Crippen LogP contribution in [0.4, 0.5) is 11.5 Å². The lowest BCUT2D eigenvalue weighted by atomic mass is 9.95. The second-order valence-corrected chi connectivity index (χ2v) is 9.61. The molecule has 0 aliphatic carbocycles. The monoisotopic (exact) mass is 493 g/mol. The normalized spacial score (nSPS) is 15.0. The number of benzene rings is 2. The maximum atomic E-state index is 12.9. The number of halogens is 1. The lowest BCUT2D eigenvalue weighted by molar-refractivity contribution is -0.125. The van der Waals surface area contributed by atoms with Crippen molar-refractivity contribution in [3.8, 4) is 5.69 Å². The number of piperidine rings is 1. The zero-order chi connectivity index (χ0) is 24.9. The second-order valence-electron chi connectivity index (χ2n) is 9.17. The van der Waals surface area contributed by atoms with Crippen LogP contribution in [0, 0.1) is 12.8 Å². The molecule has 2 N–H and O–H groups in total. The standard InChI is InChI=1S/C27H32ClN5O2/c1-18(21-7-5-4-6-8-21)17-29-26(35)22-13-15-32(16-14-22)27-25(30-20(3)34)19(2)31-33(27)24-11-9-23(28)10-12-24/h4-12,18,22H,13-17H2,1-3H3,(H,29,35)(H,30,34)/t18-/m1/s1. The molecular weight excluding hydrogens is 462 g/mol. The highest BCUT2D eigenvalue weighted by Gasteiger charge is 2.30. The molecule has 2 heterocycles. The van der Waals surface area contributed by atoms with Gasteiger partial charge in [0, 0.05) is 37.5 Å². The third kappa shape index (κ3) is 5.85. The van der Waals surface area contributed by atoms with Crippen LogP contribution in [0.15, 0.2) is 54.6 Å². The molecule has 0 radical (unpaired) electrons. The fourth-order valence-corrected chi connectivity index (χ4v) is 4.67. The van der Waals surface area contributed by atoms with Crippen molar-refractivity contribution >= 4 is 34.9 Å². The number of nitrogens with zero attached hydrogens (tertiary/aromatic N) is 3. The summed E-state index contributed by atoms with van der Waals surface area (Å²) in [5.41, 5.74) is 3.52. The van der Waals surface area contributed by atoms with Crippen LogP contribution in [0.1, 0.15) is 43.9 Å². The van der Waals surface area contributed by atoms with E-state index < -0.39 is 0 Å². The van der Waals surface area contributed by atoms with Gasteiger partial charge in [-0.3, -0.25) is 9.59 Å². The average Bonchev–Trinajstić information content (AvgIpc) is 3.18. The number of carbonyl (C=O) groups is 2. The first kappa shape index (κ1) is 24.8.